The summed E-state index contributed by atoms with van der Waals surface area (Å²) in [7, 11) is 0. The minimum atomic E-state index is 0.658. The van der Waals surface area contributed by atoms with E-state index in [0.717, 1.165) is 31.3 Å². The number of nitrogens with one attached hydrogen (secondary N) is 1. The van der Waals surface area contributed by atoms with Gasteiger partial charge in [-0.25, -0.2) is 14.7 Å². The highest BCUT2D eigenvalue weighted by Crippen LogP contribution is 2.21. The van der Waals surface area contributed by atoms with Gasteiger partial charge >= 0.3 is 0 Å². The van der Waals surface area contributed by atoms with Gasteiger partial charge in [-0.15, -0.1) is 0 Å². The van der Waals surface area contributed by atoms with Crippen LogP contribution < -0.4 is 5.32 Å². The molecule has 3 rings (SSSR count). The van der Waals surface area contributed by atoms with Crippen LogP contribution >= 0.6 is 11.8 Å². The number of nitrogens with zero attached hydrogens (tertiary/aromatic N) is 5. The summed E-state index contributed by atoms with van der Waals surface area (Å²) in [5.74, 6) is 2.19. The van der Waals surface area contributed by atoms with E-state index in [4.69, 9.17) is 4.99 Å². The Morgan fingerprint density at radius 1 is 1.40 bits per heavy atom. The molecule has 0 bridgehead atoms. The summed E-state index contributed by atoms with van der Waals surface area (Å²) in [6.07, 6.45) is 4.47. The smallest absolute Gasteiger partial charge is 0.194 e. The molecular weight excluding hydrogens is 332 g/mol. The Bertz CT molecular complexity index is 685. The first-order valence-electron chi connectivity index (χ1n) is 8.89. The van der Waals surface area contributed by atoms with Crippen molar-refractivity contribution in [1.82, 2.24) is 25.0 Å². The molecular formula is C18H26N6S. The van der Waals surface area contributed by atoms with Crippen molar-refractivity contribution in [3.63, 3.8) is 0 Å². The van der Waals surface area contributed by atoms with E-state index in [2.05, 4.69) is 58.0 Å². The highest BCUT2D eigenvalue weighted by atomic mass is 32.2. The lowest BCUT2D eigenvalue weighted by Gasteiger charge is -2.34. The zero-order chi connectivity index (χ0) is 17.5. The van der Waals surface area contributed by atoms with E-state index in [0.29, 0.717) is 11.8 Å². The SMILES string of the molecule is CCNC(=NCc1cccc(-n2cncn2)c1)N1CCSC(CC)C1. The molecule has 1 fully saturated rings. The molecule has 0 amide bonds. The van der Waals surface area contributed by atoms with Crippen LogP contribution in [0.4, 0.5) is 0 Å². The van der Waals surface area contributed by atoms with Crippen LogP contribution in [-0.4, -0.2) is 56.3 Å². The van der Waals surface area contributed by atoms with Gasteiger partial charge in [0.2, 0.25) is 0 Å². The molecule has 1 N–H and O–H groups in total. The number of benzene rings is 1. The molecule has 2 aromatic rings. The zero-order valence-electron chi connectivity index (χ0n) is 14.9. The zero-order valence-corrected chi connectivity index (χ0v) is 15.7. The van der Waals surface area contributed by atoms with Crippen LogP contribution in [0.15, 0.2) is 41.9 Å². The van der Waals surface area contributed by atoms with Gasteiger partial charge in [0.25, 0.3) is 0 Å². The van der Waals surface area contributed by atoms with Crippen molar-refractivity contribution >= 4 is 17.7 Å². The van der Waals surface area contributed by atoms with Gasteiger partial charge in [0.15, 0.2) is 5.96 Å². The molecule has 1 unspecified atom stereocenters. The Morgan fingerprint density at radius 2 is 2.32 bits per heavy atom. The maximum atomic E-state index is 4.88. The minimum Gasteiger partial charge on any atom is -0.357 e. The molecule has 2 heterocycles. The molecule has 1 aromatic carbocycles. The number of thioether (sulfide) groups is 1. The third-order valence-electron chi connectivity index (χ3n) is 4.23. The van der Waals surface area contributed by atoms with Crippen molar-refractivity contribution in [3.8, 4) is 5.69 Å². The van der Waals surface area contributed by atoms with Gasteiger partial charge in [0.1, 0.15) is 12.7 Å². The third-order valence-corrected chi connectivity index (χ3v) is 5.61. The molecule has 0 saturated carbocycles. The largest absolute Gasteiger partial charge is 0.357 e. The predicted molar refractivity (Wildman–Crippen MR) is 104 cm³/mol. The van der Waals surface area contributed by atoms with E-state index in [1.807, 2.05) is 12.1 Å². The van der Waals surface area contributed by atoms with Crippen LogP contribution in [0.3, 0.4) is 0 Å². The Hall–Kier alpha value is -2.02. The van der Waals surface area contributed by atoms with Crippen molar-refractivity contribution in [2.45, 2.75) is 32.1 Å². The van der Waals surface area contributed by atoms with Crippen LogP contribution in [0, 0.1) is 0 Å². The molecule has 0 spiro atoms. The Balaban J connectivity index is 1.72. The van der Waals surface area contributed by atoms with Gasteiger partial charge in [0, 0.05) is 30.6 Å². The van der Waals surface area contributed by atoms with Gasteiger partial charge in [-0.3, -0.25) is 0 Å². The standard InChI is InChI=1S/C18H26N6S/c1-3-17-12-23(8-9-25-17)18(20-4-2)21-11-15-6-5-7-16(10-15)24-14-19-13-22-24/h5-7,10,13-14,17H,3-4,8-9,11-12H2,1-2H3,(H,20,21). The molecule has 1 saturated heterocycles. The first-order chi connectivity index (χ1) is 12.3. The first-order valence-corrected chi connectivity index (χ1v) is 9.93. The molecule has 0 aliphatic carbocycles. The fourth-order valence-corrected chi connectivity index (χ4v) is 4.07. The lowest BCUT2D eigenvalue weighted by molar-refractivity contribution is 0.408. The lowest BCUT2D eigenvalue weighted by atomic mass is 10.2. The molecule has 25 heavy (non-hydrogen) atoms. The normalized spacial score (nSPS) is 18.4. The average molecular weight is 359 g/mol. The minimum absolute atomic E-state index is 0.658. The summed E-state index contributed by atoms with van der Waals surface area (Å²) in [4.78, 5) is 11.3. The maximum Gasteiger partial charge on any atom is 0.194 e. The van der Waals surface area contributed by atoms with Crippen LogP contribution in [0.2, 0.25) is 0 Å². The fourth-order valence-electron chi connectivity index (χ4n) is 2.89. The fraction of sp³-hybridized carbons (Fsp3) is 0.500. The van der Waals surface area contributed by atoms with Gasteiger partial charge in [-0.2, -0.15) is 16.9 Å². The molecule has 7 heteroatoms. The van der Waals surface area contributed by atoms with Gasteiger partial charge in [-0.05, 0) is 31.0 Å². The Morgan fingerprint density at radius 3 is 3.08 bits per heavy atom. The monoisotopic (exact) mass is 358 g/mol. The summed E-state index contributed by atoms with van der Waals surface area (Å²) in [6.45, 7) is 8.07. The van der Waals surface area contributed by atoms with Gasteiger partial charge in [0.05, 0.1) is 12.2 Å². The molecule has 134 valence electrons. The second kappa shape index (κ2) is 8.89. The summed E-state index contributed by atoms with van der Waals surface area (Å²) in [5.41, 5.74) is 2.18. The van der Waals surface area contributed by atoms with E-state index >= 15 is 0 Å². The summed E-state index contributed by atoms with van der Waals surface area (Å²) in [6, 6.07) is 8.29. The second-order valence-corrected chi connectivity index (χ2v) is 7.44. The van der Waals surface area contributed by atoms with Crippen LogP contribution in [0.5, 0.6) is 0 Å². The third kappa shape index (κ3) is 4.75. The quantitative estimate of drug-likeness (QED) is 0.657. The van der Waals surface area contributed by atoms with Gasteiger partial charge < -0.3 is 10.2 Å². The predicted octanol–water partition coefficient (Wildman–Crippen LogP) is 2.56. The number of guanidine groups is 1. The van der Waals surface area contributed by atoms with Crippen molar-refractivity contribution in [2.75, 3.05) is 25.4 Å². The number of hydrogen-bond donors (Lipinski definition) is 1. The van der Waals surface area contributed by atoms with Crippen molar-refractivity contribution in [2.24, 2.45) is 4.99 Å². The molecule has 0 radical (unpaired) electrons. The van der Waals surface area contributed by atoms with Crippen LogP contribution in [0.1, 0.15) is 25.8 Å². The van der Waals surface area contributed by atoms with E-state index in [1.165, 1.54) is 17.7 Å². The van der Waals surface area contributed by atoms with E-state index in [9.17, 15) is 0 Å². The molecule has 1 aliphatic rings. The first kappa shape index (κ1) is 17.8. The summed E-state index contributed by atoms with van der Waals surface area (Å²) < 4.78 is 1.77. The number of hydrogen-bond acceptors (Lipinski definition) is 4. The molecule has 1 aliphatic heterocycles. The Kier molecular flexibility index (Phi) is 6.33. The topological polar surface area (TPSA) is 58.3 Å². The van der Waals surface area contributed by atoms with E-state index < -0.39 is 0 Å². The van der Waals surface area contributed by atoms with Crippen molar-refractivity contribution in [3.05, 3.63) is 42.5 Å². The molecule has 1 aromatic heterocycles. The second-order valence-electron chi connectivity index (χ2n) is 6.03. The highest BCUT2D eigenvalue weighted by Gasteiger charge is 2.21. The van der Waals surface area contributed by atoms with Crippen molar-refractivity contribution < 1.29 is 0 Å². The summed E-state index contributed by atoms with van der Waals surface area (Å²) in [5, 5.41) is 8.34. The Labute approximate surface area is 153 Å². The van der Waals surface area contributed by atoms with E-state index in [1.54, 1.807) is 17.3 Å². The van der Waals surface area contributed by atoms with Crippen molar-refractivity contribution in [1.29, 1.82) is 0 Å². The highest BCUT2D eigenvalue weighted by molar-refractivity contribution is 8.00. The maximum absolute atomic E-state index is 4.88. The van der Waals surface area contributed by atoms with Crippen LogP contribution in [0.25, 0.3) is 5.69 Å². The number of rotatable bonds is 5. The number of aliphatic imine (C=N–C) groups is 1. The van der Waals surface area contributed by atoms with Gasteiger partial charge in [-0.1, -0.05) is 19.1 Å². The van der Waals surface area contributed by atoms with E-state index in [-0.39, 0.29) is 0 Å². The average Bonchev–Trinajstić information content (AvgIpc) is 3.20. The molecule has 1 atom stereocenters. The molecule has 6 nitrogen and oxygen atoms in total. The van der Waals surface area contributed by atoms with Crippen LogP contribution in [-0.2, 0) is 6.54 Å². The number of aromatic nitrogens is 3. The summed E-state index contributed by atoms with van der Waals surface area (Å²) >= 11 is 2.08. The lowest BCUT2D eigenvalue weighted by Crippen LogP contribution is -2.48.